The first kappa shape index (κ1) is 56.3. The second-order valence-electron chi connectivity index (χ2n) is 21.0. The fourth-order valence-electron chi connectivity index (χ4n) is 8.81. The van der Waals surface area contributed by atoms with Gasteiger partial charge >= 0.3 is 0 Å². The minimum atomic E-state index is -0.869. The highest BCUT2D eigenvalue weighted by Crippen LogP contribution is 2.29. The van der Waals surface area contributed by atoms with E-state index in [9.17, 15) is 38.4 Å². The molecule has 3 aromatic rings. The zero-order valence-electron chi connectivity index (χ0n) is 43.5. The van der Waals surface area contributed by atoms with Gasteiger partial charge in [0.1, 0.15) is 24.2 Å². The first-order chi connectivity index (χ1) is 34.0. The maximum Gasteiger partial charge on any atom is 0.251 e. The molecule has 0 aliphatic carbocycles. The third kappa shape index (κ3) is 14.7. The molecule has 0 radical (unpaired) electrons. The summed E-state index contributed by atoms with van der Waals surface area (Å²) in [6, 6.07) is 18.8. The quantitative estimate of drug-likeness (QED) is 0.0824. The highest BCUT2D eigenvalue weighted by molar-refractivity contribution is 5.98. The van der Waals surface area contributed by atoms with Crippen molar-refractivity contribution < 1.29 is 38.4 Å². The number of likely N-dealkylation sites (tertiary alicyclic amines) is 2. The molecule has 2 aliphatic rings. The number of hydrogen-bond acceptors (Lipinski definition) is 10. The number of likely N-dealkylation sites (N-methyl/N-ethyl adjacent to an activating group) is 2. The lowest BCUT2D eigenvalue weighted by molar-refractivity contribution is -0.144. The number of nitrogens with zero attached hydrogens (tertiary/aromatic N) is 2. The van der Waals surface area contributed by atoms with Crippen molar-refractivity contribution in [1.82, 2.24) is 52.3 Å². The normalized spacial score (nSPS) is 18.4. The van der Waals surface area contributed by atoms with Gasteiger partial charge in [-0.15, -0.1) is 0 Å². The molecule has 8 N–H and O–H groups in total. The van der Waals surface area contributed by atoms with Crippen LogP contribution in [0.1, 0.15) is 125 Å². The standard InChI is InChI=1S/C54H76N10O8/c1-33(55-9)45(65)61-43(53(3,4)5)51(71)63-29-17-23-41(63)49(69)59-39(35-19-13-11-14-20-35)31-57-47(67)37-25-27-38(28-26-37)48(68)58-32-40(36-21-15-12-16-22-36)60-50(70)42-24-18-30-64(42)52(72)44(54(6,7)8)62-46(66)34(2)56-10/h11-16,19-22,25-28,33-34,39-44,55-56H,17-18,23-24,29-32H2,1-10H3,(H,57,67)(H,58,68)(H,59,69)(H,60,70)(H,61,65)(H,62,66)/t33-,34-,39+,40?,41-,42-,43+,44+/m0/s1. The summed E-state index contributed by atoms with van der Waals surface area (Å²) in [6.45, 7) is 15.4. The molecule has 2 heterocycles. The predicted octanol–water partition coefficient (Wildman–Crippen LogP) is 3.12. The van der Waals surface area contributed by atoms with Crippen molar-refractivity contribution in [2.24, 2.45) is 10.8 Å². The van der Waals surface area contributed by atoms with Gasteiger partial charge in [-0.1, -0.05) is 102 Å². The van der Waals surface area contributed by atoms with Gasteiger partial charge in [-0.2, -0.15) is 0 Å². The molecule has 72 heavy (non-hydrogen) atoms. The summed E-state index contributed by atoms with van der Waals surface area (Å²) >= 11 is 0. The lowest BCUT2D eigenvalue weighted by atomic mass is 9.85. The minimum Gasteiger partial charge on any atom is -0.350 e. The monoisotopic (exact) mass is 993 g/mol. The van der Waals surface area contributed by atoms with E-state index in [0.717, 1.165) is 11.1 Å². The van der Waals surface area contributed by atoms with Crippen LogP contribution >= 0.6 is 0 Å². The summed E-state index contributed by atoms with van der Waals surface area (Å²) in [5.41, 5.74) is 0.752. The summed E-state index contributed by atoms with van der Waals surface area (Å²) in [4.78, 5) is 112. The highest BCUT2D eigenvalue weighted by Gasteiger charge is 2.44. The maximum absolute atomic E-state index is 14.1. The number of carbonyl (C=O) groups is 8. The Morgan fingerprint density at radius 1 is 0.514 bits per heavy atom. The molecule has 1 unspecified atom stereocenters. The van der Waals surface area contributed by atoms with Crippen LogP contribution in [0.25, 0.3) is 0 Å². The molecular formula is C54H76N10O8. The van der Waals surface area contributed by atoms with Gasteiger partial charge in [0.15, 0.2) is 0 Å². The largest absolute Gasteiger partial charge is 0.350 e. The fraction of sp³-hybridized carbons (Fsp3) is 0.519. The Hall–Kier alpha value is -6.66. The smallest absolute Gasteiger partial charge is 0.251 e. The Balaban J connectivity index is 1.22. The van der Waals surface area contributed by atoms with E-state index in [0.29, 0.717) is 38.8 Å². The van der Waals surface area contributed by atoms with E-state index in [1.807, 2.05) is 102 Å². The third-order valence-electron chi connectivity index (χ3n) is 13.5. The molecule has 5 rings (SSSR count). The summed E-state index contributed by atoms with van der Waals surface area (Å²) in [5.74, 6) is -2.95. The molecule has 0 bridgehead atoms. The zero-order valence-corrected chi connectivity index (χ0v) is 43.5. The van der Waals surface area contributed by atoms with E-state index in [4.69, 9.17) is 0 Å². The average Bonchev–Trinajstić information content (AvgIpc) is 4.08. The molecule has 0 spiro atoms. The first-order valence-corrected chi connectivity index (χ1v) is 25.0. The highest BCUT2D eigenvalue weighted by atomic mass is 16.2. The van der Waals surface area contributed by atoms with Gasteiger partial charge in [-0.3, -0.25) is 38.4 Å². The summed E-state index contributed by atoms with van der Waals surface area (Å²) in [6.07, 6.45) is 2.08. The van der Waals surface area contributed by atoms with Gasteiger partial charge < -0.3 is 52.3 Å². The van der Waals surface area contributed by atoms with Crippen LogP contribution in [0.2, 0.25) is 0 Å². The fourth-order valence-corrected chi connectivity index (χ4v) is 8.81. The summed E-state index contributed by atoms with van der Waals surface area (Å²) in [5, 5.41) is 23.5. The van der Waals surface area contributed by atoms with Gasteiger partial charge in [-0.05, 0) is 99.8 Å². The Kier molecular flexibility index (Phi) is 19.6. The van der Waals surface area contributed by atoms with E-state index in [1.165, 1.54) is 24.3 Å². The zero-order chi connectivity index (χ0) is 52.9. The van der Waals surface area contributed by atoms with Crippen LogP contribution in [0, 0.1) is 10.8 Å². The Morgan fingerprint density at radius 2 is 0.847 bits per heavy atom. The van der Waals surface area contributed by atoms with Gasteiger partial charge in [0, 0.05) is 37.3 Å². The Bertz CT molecular complexity index is 2210. The Labute approximate surface area is 424 Å². The van der Waals surface area contributed by atoms with Crippen LogP contribution in [-0.4, -0.2) is 134 Å². The lowest BCUT2D eigenvalue weighted by Crippen LogP contribution is -2.59. The summed E-state index contributed by atoms with van der Waals surface area (Å²) in [7, 11) is 3.33. The van der Waals surface area contributed by atoms with Crippen molar-refractivity contribution >= 4 is 47.3 Å². The second-order valence-corrected chi connectivity index (χ2v) is 21.0. The minimum absolute atomic E-state index is 0.0170. The molecule has 8 amide bonds. The summed E-state index contributed by atoms with van der Waals surface area (Å²) < 4.78 is 0. The second kappa shape index (κ2) is 25.1. The molecular weight excluding hydrogens is 917 g/mol. The molecule has 0 saturated carbocycles. The number of carbonyl (C=O) groups excluding carboxylic acids is 8. The molecule has 18 nitrogen and oxygen atoms in total. The third-order valence-corrected chi connectivity index (χ3v) is 13.5. The van der Waals surface area contributed by atoms with Crippen LogP contribution in [0.15, 0.2) is 84.9 Å². The van der Waals surface area contributed by atoms with Crippen molar-refractivity contribution in [3.8, 4) is 0 Å². The first-order valence-electron chi connectivity index (χ1n) is 25.0. The van der Waals surface area contributed by atoms with Gasteiger partial charge in [-0.25, -0.2) is 0 Å². The molecule has 2 fully saturated rings. The van der Waals surface area contributed by atoms with Crippen LogP contribution in [0.3, 0.4) is 0 Å². The molecule has 0 aromatic heterocycles. The molecule has 390 valence electrons. The van der Waals surface area contributed by atoms with Crippen LogP contribution in [0.5, 0.6) is 0 Å². The van der Waals surface area contributed by atoms with Crippen molar-refractivity contribution in [1.29, 1.82) is 0 Å². The number of rotatable bonds is 20. The predicted molar refractivity (Wildman–Crippen MR) is 275 cm³/mol. The molecule has 2 aliphatic heterocycles. The number of hydrogen-bond donors (Lipinski definition) is 8. The van der Waals surface area contributed by atoms with Crippen LogP contribution in [-0.2, 0) is 28.8 Å². The van der Waals surface area contributed by atoms with Crippen LogP contribution in [0.4, 0.5) is 0 Å². The van der Waals surface area contributed by atoms with Crippen molar-refractivity contribution in [2.45, 2.75) is 129 Å². The lowest BCUT2D eigenvalue weighted by Gasteiger charge is -2.36. The molecule has 8 atom stereocenters. The van der Waals surface area contributed by atoms with E-state index in [1.54, 1.807) is 37.7 Å². The number of nitrogens with one attached hydrogen (secondary N) is 8. The number of benzene rings is 3. The van der Waals surface area contributed by atoms with Crippen molar-refractivity contribution in [3.63, 3.8) is 0 Å². The topological polar surface area (TPSA) is 239 Å². The van der Waals surface area contributed by atoms with Gasteiger partial charge in [0.25, 0.3) is 11.8 Å². The van der Waals surface area contributed by atoms with E-state index >= 15 is 0 Å². The molecule has 3 aromatic carbocycles. The number of amides is 8. The maximum atomic E-state index is 14.1. The van der Waals surface area contributed by atoms with Gasteiger partial charge in [0.05, 0.1) is 24.2 Å². The molecule has 18 heteroatoms. The van der Waals surface area contributed by atoms with Crippen molar-refractivity contribution in [2.75, 3.05) is 40.3 Å². The van der Waals surface area contributed by atoms with E-state index in [-0.39, 0.29) is 59.7 Å². The Morgan fingerprint density at radius 3 is 1.15 bits per heavy atom. The van der Waals surface area contributed by atoms with Crippen LogP contribution < -0.4 is 42.5 Å². The SMILES string of the molecule is CN[C@@H](C)C(=O)N[C@H](C(=O)N1CCC[C@H]1C(=O)NC(CNC(=O)c1ccc(C(=O)NC[C@@H](NC(=O)[C@@H]2CCCN2C(=O)[C@@H](NC(=O)[C@H](C)NC)C(C)(C)C)c2ccccc2)cc1)c1ccccc1)C(C)(C)C. The molecule has 2 saturated heterocycles. The van der Waals surface area contributed by atoms with E-state index in [2.05, 4.69) is 42.5 Å². The van der Waals surface area contributed by atoms with Gasteiger partial charge in [0.2, 0.25) is 35.4 Å². The average molecular weight is 993 g/mol. The van der Waals surface area contributed by atoms with Crippen molar-refractivity contribution in [3.05, 3.63) is 107 Å². The van der Waals surface area contributed by atoms with E-state index < -0.39 is 71.0 Å².